The van der Waals surface area contributed by atoms with Gasteiger partial charge in [-0.1, -0.05) is 47.3 Å². The van der Waals surface area contributed by atoms with Gasteiger partial charge >= 0.3 is 0 Å². The lowest BCUT2D eigenvalue weighted by Crippen LogP contribution is -2.21. The molecular formula is C14H20BrN. The molecule has 1 nitrogen and oxygen atoms in total. The molecule has 0 amide bonds. The molecule has 2 heteroatoms. The number of nitrogens with two attached hydrogens (primary N) is 1. The summed E-state index contributed by atoms with van der Waals surface area (Å²) in [4.78, 5) is 0. The van der Waals surface area contributed by atoms with Gasteiger partial charge in [0.2, 0.25) is 0 Å². The van der Waals surface area contributed by atoms with Crippen LogP contribution >= 0.6 is 15.9 Å². The maximum absolute atomic E-state index is 5.93. The fourth-order valence-corrected chi connectivity index (χ4v) is 3.26. The molecule has 0 aromatic heterocycles. The predicted octanol–water partition coefficient (Wildman–Crippen LogP) is 4.07. The maximum Gasteiger partial charge on any atom is 0.0178 e. The minimum absolute atomic E-state index is 0.671. The van der Waals surface area contributed by atoms with E-state index < -0.39 is 0 Å². The Morgan fingerprint density at radius 1 is 1.19 bits per heavy atom. The van der Waals surface area contributed by atoms with Crippen LogP contribution in [0.15, 0.2) is 28.7 Å². The van der Waals surface area contributed by atoms with Gasteiger partial charge < -0.3 is 5.73 Å². The van der Waals surface area contributed by atoms with E-state index in [1.165, 1.54) is 42.1 Å². The normalized spacial score (nSPS) is 26.4. The molecule has 0 bridgehead atoms. The van der Waals surface area contributed by atoms with Crippen molar-refractivity contribution in [3.8, 4) is 0 Å². The summed E-state index contributed by atoms with van der Waals surface area (Å²) in [6.45, 7) is 0.831. The van der Waals surface area contributed by atoms with Crippen LogP contribution in [0.1, 0.15) is 43.6 Å². The lowest BCUT2D eigenvalue weighted by Gasteiger charge is -2.24. The van der Waals surface area contributed by atoms with Crippen LogP contribution < -0.4 is 5.73 Å². The molecular weight excluding hydrogens is 262 g/mol. The van der Waals surface area contributed by atoms with Gasteiger partial charge in [0.05, 0.1) is 0 Å². The highest BCUT2D eigenvalue weighted by molar-refractivity contribution is 9.10. The standard InChI is InChI=1S/C14H20BrN/c15-13-7-4-6-11(9-13)14-8-3-1-2-5-12(14)10-16/h4,6-7,9,12,14H,1-3,5,8,10,16H2. The summed E-state index contributed by atoms with van der Waals surface area (Å²) in [5.41, 5.74) is 7.39. The van der Waals surface area contributed by atoms with Gasteiger partial charge in [-0.15, -0.1) is 0 Å². The molecule has 0 saturated heterocycles. The van der Waals surface area contributed by atoms with Gasteiger partial charge in [-0.2, -0.15) is 0 Å². The second-order valence-corrected chi connectivity index (χ2v) is 5.71. The summed E-state index contributed by atoms with van der Waals surface area (Å²) in [5, 5.41) is 0. The molecule has 1 aromatic carbocycles. The molecule has 2 atom stereocenters. The van der Waals surface area contributed by atoms with Gasteiger partial charge in [0.25, 0.3) is 0 Å². The summed E-state index contributed by atoms with van der Waals surface area (Å²) in [6, 6.07) is 8.75. The van der Waals surface area contributed by atoms with Crippen molar-refractivity contribution in [1.82, 2.24) is 0 Å². The molecule has 0 spiro atoms. The highest BCUT2D eigenvalue weighted by Crippen LogP contribution is 2.36. The van der Waals surface area contributed by atoms with Gasteiger partial charge in [-0.3, -0.25) is 0 Å². The van der Waals surface area contributed by atoms with Crippen LogP contribution in [0.2, 0.25) is 0 Å². The molecule has 2 N–H and O–H groups in total. The third-order valence-electron chi connectivity index (χ3n) is 3.74. The molecule has 0 radical (unpaired) electrons. The van der Waals surface area contributed by atoms with E-state index in [2.05, 4.69) is 40.2 Å². The number of halogens is 1. The highest BCUT2D eigenvalue weighted by atomic mass is 79.9. The van der Waals surface area contributed by atoms with Gasteiger partial charge in [0.15, 0.2) is 0 Å². The molecule has 1 aromatic rings. The zero-order valence-corrected chi connectivity index (χ0v) is 11.2. The Bertz CT molecular complexity index is 337. The van der Waals surface area contributed by atoms with Gasteiger partial charge in [0, 0.05) is 4.47 Å². The molecule has 1 aliphatic carbocycles. The minimum atomic E-state index is 0.671. The van der Waals surface area contributed by atoms with Crippen molar-refractivity contribution in [1.29, 1.82) is 0 Å². The molecule has 0 heterocycles. The van der Waals surface area contributed by atoms with Crippen LogP contribution in [0.3, 0.4) is 0 Å². The summed E-state index contributed by atoms with van der Waals surface area (Å²) < 4.78 is 1.19. The van der Waals surface area contributed by atoms with E-state index in [9.17, 15) is 0 Å². The fraction of sp³-hybridized carbons (Fsp3) is 0.571. The molecule has 2 unspecified atom stereocenters. The smallest absolute Gasteiger partial charge is 0.0178 e. The molecule has 1 saturated carbocycles. The zero-order valence-electron chi connectivity index (χ0n) is 9.66. The van der Waals surface area contributed by atoms with Crippen molar-refractivity contribution in [2.45, 2.75) is 38.0 Å². The van der Waals surface area contributed by atoms with E-state index in [0.717, 1.165) is 6.54 Å². The van der Waals surface area contributed by atoms with E-state index in [-0.39, 0.29) is 0 Å². The summed E-state index contributed by atoms with van der Waals surface area (Å²) in [7, 11) is 0. The van der Waals surface area contributed by atoms with E-state index >= 15 is 0 Å². The first-order valence-corrected chi connectivity index (χ1v) is 7.06. The third kappa shape index (κ3) is 2.86. The quantitative estimate of drug-likeness (QED) is 0.813. The number of rotatable bonds is 2. The topological polar surface area (TPSA) is 26.0 Å². The molecule has 1 fully saturated rings. The van der Waals surface area contributed by atoms with Crippen molar-refractivity contribution in [3.05, 3.63) is 34.3 Å². The third-order valence-corrected chi connectivity index (χ3v) is 4.23. The maximum atomic E-state index is 5.93. The van der Waals surface area contributed by atoms with Gasteiger partial charge in [-0.05, 0) is 48.9 Å². The largest absolute Gasteiger partial charge is 0.330 e. The van der Waals surface area contributed by atoms with Crippen molar-refractivity contribution in [3.63, 3.8) is 0 Å². The SMILES string of the molecule is NCC1CCCCCC1c1cccc(Br)c1. The molecule has 0 aliphatic heterocycles. The van der Waals surface area contributed by atoms with Crippen LogP contribution in [0.25, 0.3) is 0 Å². The van der Waals surface area contributed by atoms with E-state index in [4.69, 9.17) is 5.73 Å². The highest BCUT2D eigenvalue weighted by Gasteiger charge is 2.23. The average molecular weight is 282 g/mol. The fourth-order valence-electron chi connectivity index (χ4n) is 2.84. The summed E-state index contributed by atoms with van der Waals surface area (Å²) in [5.74, 6) is 1.35. The number of benzene rings is 1. The Balaban J connectivity index is 2.21. The van der Waals surface area contributed by atoms with E-state index in [1.54, 1.807) is 0 Å². The first kappa shape index (κ1) is 12.1. The van der Waals surface area contributed by atoms with Crippen LogP contribution in [-0.4, -0.2) is 6.54 Å². The first-order chi connectivity index (χ1) is 7.81. The summed E-state index contributed by atoms with van der Waals surface area (Å²) in [6.07, 6.45) is 6.69. The van der Waals surface area contributed by atoms with Gasteiger partial charge in [-0.25, -0.2) is 0 Å². The summed E-state index contributed by atoms with van der Waals surface area (Å²) >= 11 is 3.56. The monoisotopic (exact) mass is 281 g/mol. The Labute approximate surface area is 107 Å². The Morgan fingerprint density at radius 2 is 2.00 bits per heavy atom. The molecule has 88 valence electrons. The second kappa shape index (κ2) is 5.83. The van der Waals surface area contributed by atoms with E-state index in [0.29, 0.717) is 11.8 Å². The van der Waals surface area contributed by atoms with Crippen LogP contribution in [0, 0.1) is 5.92 Å². The van der Waals surface area contributed by atoms with Crippen LogP contribution in [0.5, 0.6) is 0 Å². The first-order valence-electron chi connectivity index (χ1n) is 6.27. The molecule has 2 rings (SSSR count). The number of hydrogen-bond donors (Lipinski definition) is 1. The Kier molecular flexibility index (Phi) is 4.42. The van der Waals surface area contributed by atoms with Crippen molar-refractivity contribution in [2.24, 2.45) is 11.7 Å². The van der Waals surface area contributed by atoms with Crippen LogP contribution in [-0.2, 0) is 0 Å². The zero-order chi connectivity index (χ0) is 11.4. The number of hydrogen-bond acceptors (Lipinski definition) is 1. The predicted molar refractivity (Wildman–Crippen MR) is 72.5 cm³/mol. The van der Waals surface area contributed by atoms with Crippen LogP contribution in [0.4, 0.5) is 0 Å². The van der Waals surface area contributed by atoms with E-state index in [1.807, 2.05) is 0 Å². The average Bonchev–Trinajstić information content (AvgIpc) is 2.53. The lowest BCUT2D eigenvalue weighted by atomic mass is 9.82. The van der Waals surface area contributed by atoms with Gasteiger partial charge in [0.1, 0.15) is 0 Å². The molecule has 16 heavy (non-hydrogen) atoms. The Hall–Kier alpha value is -0.340. The van der Waals surface area contributed by atoms with Crippen molar-refractivity contribution in [2.75, 3.05) is 6.54 Å². The Morgan fingerprint density at radius 3 is 2.75 bits per heavy atom. The van der Waals surface area contributed by atoms with Crippen molar-refractivity contribution >= 4 is 15.9 Å². The molecule has 1 aliphatic rings. The van der Waals surface area contributed by atoms with Crippen molar-refractivity contribution < 1.29 is 0 Å². The second-order valence-electron chi connectivity index (χ2n) is 4.80. The lowest BCUT2D eigenvalue weighted by molar-refractivity contribution is 0.408. The minimum Gasteiger partial charge on any atom is -0.330 e.